The Morgan fingerprint density at radius 1 is 1.21 bits per heavy atom. The smallest absolute Gasteiger partial charge is 0.256 e. The Morgan fingerprint density at radius 3 is 2.95 bits per heavy atom. The van der Waals surface area contributed by atoms with Crippen LogP contribution in [0.15, 0.2) is 42.6 Å². The number of hydrogen-bond donors (Lipinski definition) is 2. The number of rotatable bonds is 2. The minimum Gasteiger partial charge on any atom is -0.497 e. The molecule has 0 saturated carbocycles. The molecule has 0 bridgehead atoms. The van der Waals surface area contributed by atoms with Crippen molar-refractivity contribution in [3.8, 4) is 5.75 Å². The van der Waals surface area contributed by atoms with Crippen molar-refractivity contribution in [1.29, 1.82) is 0 Å². The molecule has 0 fully saturated rings. The molecule has 1 aromatic heterocycles. The Bertz CT molecular complexity index is 628. The van der Waals surface area contributed by atoms with Gasteiger partial charge in [0.2, 0.25) is 0 Å². The number of pyridine rings is 1. The lowest BCUT2D eigenvalue weighted by atomic mass is 10.1. The summed E-state index contributed by atoms with van der Waals surface area (Å²) in [6, 6.07) is 11.0. The van der Waals surface area contributed by atoms with Crippen LogP contribution in [0.25, 0.3) is 0 Å². The van der Waals surface area contributed by atoms with Crippen LogP contribution in [0, 0.1) is 0 Å². The first-order valence-corrected chi connectivity index (χ1v) is 5.94. The maximum atomic E-state index is 12.0. The number of methoxy groups -OCH3 is 1. The van der Waals surface area contributed by atoms with Gasteiger partial charge in [-0.1, -0.05) is 12.1 Å². The Labute approximate surface area is 110 Å². The minimum absolute atomic E-state index is 0.130. The Morgan fingerprint density at radius 2 is 2.11 bits per heavy atom. The first kappa shape index (κ1) is 11.5. The fraction of sp³-hybridized carbons (Fsp3) is 0.143. The molecule has 1 aromatic carbocycles. The number of carbonyl (C=O) groups excluding carboxylic acids is 1. The molecule has 2 aromatic rings. The molecule has 1 aliphatic rings. The first-order valence-electron chi connectivity index (χ1n) is 5.94. The number of ether oxygens (including phenoxy) is 1. The second-order valence-corrected chi connectivity index (χ2v) is 4.23. The average molecular weight is 255 g/mol. The molecule has 0 aliphatic carbocycles. The van der Waals surface area contributed by atoms with Crippen molar-refractivity contribution < 1.29 is 9.53 Å². The van der Waals surface area contributed by atoms with E-state index in [9.17, 15) is 4.79 Å². The lowest BCUT2D eigenvalue weighted by Gasteiger charge is -2.27. The van der Waals surface area contributed by atoms with Gasteiger partial charge in [-0.25, -0.2) is 4.98 Å². The zero-order chi connectivity index (χ0) is 13.2. The van der Waals surface area contributed by atoms with Crippen LogP contribution in [-0.4, -0.2) is 18.0 Å². The van der Waals surface area contributed by atoms with Gasteiger partial charge in [0.25, 0.3) is 5.91 Å². The molecule has 0 unspecified atom stereocenters. The van der Waals surface area contributed by atoms with Crippen LogP contribution in [0.4, 0.5) is 5.82 Å². The number of nitrogens with one attached hydrogen (secondary N) is 2. The van der Waals surface area contributed by atoms with Crippen LogP contribution in [-0.2, 0) is 0 Å². The lowest BCUT2D eigenvalue weighted by Crippen LogP contribution is -2.38. The lowest BCUT2D eigenvalue weighted by molar-refractivity contribution is 0.0935. The monoisotopic (exact) mass is 255 g/mol. The standard InChI is InChI=1S/C14H13N3O2/c1-19-10-5-2-4-9(8-10)12-16-13-11(14(18)17-12)6-3-7-15-13/h2-8,12H,1H3,(H,15,16)(H,17,18)/t12-/m1/s1. The van der Waals surface area contributed by atoms with Crippen molar-refractivity contribution in [3.05, 3.63) is 53.7 Å². The number of carbonyl (C=O) groups is 1. The summed E-state index contributed by atoms with van der Waals surface area (Å²) in [5.41, 5.74) is 1.48. The van der Waals surface area contributed by atoms with E-state index in [1.54, 1.807) is 25.4 Å². The largest absolute Gasteiger partial charge is 0.497 e. The van der Waals surface area contributed by atoms with Crippen LogP contribution in [0.1, 0.15) is 22.1 Å². The number of aromatic nitrogens is 1. The zero-order valence-electron chi connectivity index (χ0n) is 10.4. The molecular weight excluding hydrogens is 242 g/mol. The van der Waals surface area contributed by atoms with Gasteiger partial charge in [-0.05, 0) is 29.8 Å². The number of anilines is 1. The molecule has 0 radical (unpaired) electrons. The van der Waals surface area contributed by atoms with E-state index in [1.807, 2.05) is 24.3 Å². The summed E-state index contributed by atoms with van der Waals surface area (Å²) < 4.78 is 5.19. The van der Waals surface area contributed by atoms with Crippen LogP contribution < -0.4 is 15.4 Å². The van der Waals surface area contributed by atoms with E-state index >= 15 is 0 Å². The second-order valence-electron chi connectivity index (χ2n) is 4.23. The highest BCUT2D eigenvalue weighted by molar-refractivity contribution is 6.00. The highest BCUT2D eigenvalue weighted by atomic mass is 16.5. The van der Waals surface area contributed by atoms with Gasteiger partial charge in [-0.2, -0.15) is 0 Å². The topological polar surface area (TPSA) is 63.2 Å². The van der Waals surface area contributed by atoms with Crippen LogP contribution >= 0.6 is 0 Å². The van der Waals surface area contributed by atoms with E-state index in [2.05, 4.69) is 15.6 Å². The summed E-state index contributed by atoms with van der Waals surface area (Å²) in [5.74, 6) is 1.22. The predicted octanol–water partition coefficient (Wildman–Crippen LogP) is 1.94. The molecule has 0 saturated heterocycles. The summed E-state index contributed by atoms with van der Waals surface area (Å²) in [4.78, 5) is 16.2. The SMILES string of the molecule is COc1cccc([C@H]2NC(=O)c3cccnc3N2)c1. The Kier molecular flexibility index (Phi) is 2.79. The van der Waals surface area contributed by atoms with E-state index in [1.165, 1.54) is 0 Å². The van der Waals surface area contributed by atoms with Crippen LogP contribution in [0.2, 0.25) is 0 Å². The van der Waals surface area contributed by atoms with Crippen LogP contribution in [0.5, 0.6) is 5.75 Å². The van der Waals surface area contributed by atoms with Gasteiger partial charge in [0.1, 0.15) is 17.7 Å². The number of hydrogen-bond acceptors (Lipinski definition) is 4. The van der Waals surface area contributed by atoms with E-state index < -0.39 is 0 Å². The van der Waals surface area contributed by atoms with Gasteiger partial charge < -0.3 is 15.4 Å². The molecule has 1 atom stereocenters. The summed E-state index contributed by atoms with van der Waals surface area (Å²) in [6.07, 6.45) is 1.36. The predicted molar refractivity (Wildman–Crippen MR) is 71.1 cm³/mol. The molecule has 2 heterocycles. The van der Waals surface area contributed by atoms with Crippen molar-refractivity contribution >= 4 is 11.7 Å². The van der Waals surface area contributed by atoms with Crippen molar-refractivity contribution in [2.75, 3.05) is 12.4 Å². The second kappa shape index (κ2) is 4.61. The molecule has 5 nitrogen and oxygen atoms in total. The molecule has 0 spiro atoms. The number of fused-ring (bicyclic) bond motifs is 1. The van der Waals surface area contributed by atoms with Crippen molar-refractivity contribution in [2.24, 2.45) is 0 Å². The third-order valence-corrected chi connectivity index (χ3v) is 3.04. The highest BCUT2D eigenvalue weighted by Gasteiger charge is 2.25. The van der Waals surface area contributed by atoms with Crippen LogP contribution in [0.3, 0.4) is 0 Å². The fourth-order valence-electron chi connectivity index (χ4n) is 2.07. The Hall–Kier alpha value is -2.56. The molecular formula is C14H13N3O2. The Balaban J connectivity index is 1.94. The van der Waals surface area contributed by atoms with Gasteiger partial charge in [0.15, 0.2) is 0 Å². The van der Waals surface area contributed by atoms with Gasteiger partial charge in [-0.15, -0.1) is 0 Å². The zero-order valence-corrected chi connectivity index (χ0v) is 10.4. The maximum absolute atomic E-state index is 12.0. The van der Waals surface area contributed by atoms with Crippen molar-refractivity contribution in [1.82, 2.24) is 10.3 Å². The highest BCUT2D eigenvalue weighted by Crippen LogP contribution is 2.26. The minimum atomic E-state index is -0.301. The fourth-order valence-corrected chi connectivity index (χ4v) is 2.07. The average Bonchev–Trinajstić information content (AvgIpc) is 2.47. The molecule has 3 rings (SSSR count). The molecule has 1 amide bonds. The van der Waals surface area contributed by atoms with E-state index in [4.69, 9.17) is 4.74 Å². The summed E-state index contributed by atoms with van der Waals surface area (Å²) in [5, 5.41) is 6.09. The number of benzene rings is 1. The quantitative estimate of drug-likeness (QED) is 0.861. The van der Waals surface area contributed by atoms with Gasteiger partial charge >= 0.3 is 0 Å². The number of amides is 1. The summed E-state index contributed by atoms with van der Waals surface area (Å²) in [6.45, 7) is 0. The van der Waals surface area contributed by atoms with Gasteiger partial charge in [0.05, 0.1) is 12.7 Å². The van der Waals surface area contributed by atoms with E-state index in [0.717, 1.165) is 11.3 Å². The third-order valence-electron chi connectivity index (χ3n) is 3.04. The summed E-state index contributed by atoms with van der Waals surface area (Å²) in [7, 11) is 1.61. The molecule has 19 heavy (non-hydrogen) atoms. The summed E-state index contributed by atoms with van der Waals surface area (Å²) >= 11 is 0. The van der Waals surface area contributed by atoms with Crippen molar-refractivity contribution in [2.45, 2.75) is 6.17 Å². The molecule has 2 N–H and O–H groups in total. The van der Waals surface area contributed by atoms with E-state index in [0.29, 0.717) is 11.4 Å². The van der Waals surface area contributed by atoms with Crippen molar-refractivity contribution in [3.63, 3.8) is 0 Å². The maximum Gasteiger partial charge on any atom is 0.256 e. The molecule has 96 valence electrons. The number of nitrogens with zero attached hydrogens (tertiary/aromatic N) is 1. The van der Waals surface area contributed by atoms with E-state index in [-0.39, 0.29) is 12.1 Å². The molecule has 5 heteroatoms. The van der Waals surface area contributed by atoms with Gasteiger partial charge in [-0.3, -0.25) is 4.79 Å². The first-order chi connectivity index (χ1) is 9.28. The van der Waals surface area contributed by atoms with Gasteiger partial charge in [0, 0.05) is 6.20 Å². The normalized spacial score (nSPS) is 17.1. The third kappa shape index (κ3) is 2.10. The molecule has 1 aliphatic heterocycles.